The number of hydrogen-bond donors (Lipinski definition) is 1. The average Bonchev–Trinajstić information content (AvgIpc) is 2.75. The molecule has 2 aliphatic heterocycles. The summed E-state index contributed by atoms with van der Waals surface area (Å²) in [4.78, 5) is 21.1. The van der Waals surface area contributed by atoms with E-state index in [1.807, 2.05) is 53.4 Å². The molecule has 0 radical (unpaired) electrons. The van der Waals surface area contributed by atoms with Crippen LogP contribution in [0.4, 0.5) is 5.69 Å². The minimum atomic E-state index is -0.376. The first kappa shape index (κ1) is 18.7. The van der Waals surface area contributed by atoms with E-state index >= 15 is 0 Å². The number of amides is 1. The van der Waals surface area contributed by atoms with Gasteiger partial charge in [0.05, 0.1) is 6.10 Å². The Kier molecular flexibility index (Phi) is 5.44. The van der Waals surface area contributed by atoms with Crippen molar-refractivity contribution < 1.29 is 9.90 Å². The molecule has 1 aromatic carbocycles. The second kappa shape index (κ2) is 8.15. The lowest BCUT2D eigenvalue weighted by Crippen LogP contribution is -2.59. The van der Waals surface area contributed by atoms with E-state index in [4.69, 9.17) is 0 Å². The van der Waals surface area contributed by atoms with Crippen molar-refractivity contribution in [1.82, 2.24) is 9.88 Å². The highest BCUT2D eigenvalue weighted by Gasteiger charge is 2.46. The highest BCUT2D eigenvalue weighted by atomic mass is 16.3. The number of aromatic nitrogens is 1. The second-order valence-electron chi connectivity index (χ2n) is 7.90. The Bertz CT molecular complexity index is 824. The first-order valence-corrected chi connectivity index (χ1v) is 10.0. The van der Waals surface area contributed by atoms with Crippen molar-refractivity contribution in [3.05, 3.63) is 66.5 Å². The van der Waals surface area contributed by atoms with Gasteiger partial charge in [0, 0.05) is 55.8 Å². The highest BCUT2D eigenvalue weighted by molar-refractivity contribution is 5.91. The van der Waals surface area contributed by atoms with E-state index in [1.165, 1.54) is 0 Å². The molecule has 2 saturated heterocycles. The molecule has 2 aromatic rings. The summed E-state index contributed by atoms with van der Waals surface area (Å²) < 4.78 is 0. The molecule has 0 saturated carbocycles. The molecule has 146 valence electrons. The molecule has 5 heteroatoms. The monoisotopic (exact) mass is 377 g/mol. The smallest absolute Gasteiger partial charge is 0.246 e. The Labute approximate surface area is 166 Å². The zero-order valence-electron chi connectivity index (χ0n) is 16.1. The second-order valence-corrected chi connectivity index (χ2v) is 7.90. The van der Waals surface area contributed by atoms with Crippen LogP contribution < -0.4 is 4.90 Å². The minimum Gasteiger partial charge on any atom is -0.392 e. The third kappa shape index (κ3) is 3.94. The van der Waals surface area contributed by atoms with Gasteiger partial charge in [-0.05, 0) is 43.0 Å². The Hall–Kier alpha value is -2.66. The summed E-state index contributed by atoms with van der Waals surface area (Å²) in [6, 6.07) is 13.9. The molecular formula is C23H27N3O2. The van der Waals surface area contributed by atoms with Crippen molar-refractivity contribution >= 4 is 17.7 Å². The minimum absolute atomic E-state index is 0.0242. The fraction of sp³-hybridized carbons (Fsp3) is 0.391. The lowest BCUT2D eigenvalue weighted by Gasteiger charge is -2.51. The molecule has 0 unspecified atom stereocenters. The summed E-state index contributed by atoms with van der Waals surface area (Å²) >= 11 is 0. The van der Waals surface area contributed by atoms with Crippen LogP contribution in [0.25, 0.3) is 6.08 Å². The van der Waals surface area contributed by atoms with Gasteiger partial charge >= 0.3 is 0 Å². The Morgan fingerprint density at radius 3 is 2.68 bits per heavy atom. The molecular weight excluding hydrogens is 350 g/mol. The average molecular weight is 377 g/mol. The van der Waals surface area contributed by atoms with Gasteiger partial charge in [0.15, 0.2) is 0 Å². The van der Waals surface area contributed by atoms with Crippen molar-refractivity contribution in [3.63, 3.8) is 0 Å². The third-order valence-corrected chi connectivity index (χ3v) is 6.05. The number of hydrogen-bond acceptors (Lipinski definition) is 4. The zero-order chi connectivity index (χ0) is 19.4. The van der Waals surface area contributed by atoms with E-state index in [9.17, 15) is 9.90 Å². The van der Waals surface area contributed by atoms with E-state index in [2.05, 4.69) is 9.88 Å². The number of aliphatic hydroxyl groups excluding tert-OH is 1. The summed E-state index contributed by atoms with van der Waals surface area (Å²) in [6.45, 7) is 2.95. The molecule has 0 aliphatic carbocycles. The lowest BCUT2D eigenvalue weighted by atomic mass is 9.71. The van der Waals surface area contributed by atoms with Crippen molar-refractivity contribution in [2.75, 3.05) is 31.1 Å². The Morgan fingerprint density at radius 1 is 1.11 bits per heavy atom. The molecule has 1 spiro atoms. The number of rotatable bonds is 3. The maximum Gasteiger partial charge on any atom is 0.246 e. The van der Waals surface area contributed by atoms with Gasteiger partial charge in [-0.15, -0.1) is 0 Å². The Morgan fingerprint density at radius 2 is 1.89 bits per heavy atom. The lowest BCUT2D eigenvalue weighted by molar-refractivity contribution is -0.132. The first-order valence-electron chi connectivity index (χ1n) is 10.0. The standard InChI is InChI=1S/C23H27N3O2/c27-21-11-16-25(20-9-13-24-14-10-20)17-23(21)12-4-15-26(18-23)22(28)8-7-19-5-2-1-3-6-19/h1-3,5-10,13-14,21,27H,4,11-12,15-18H2/t21-,23-/m1/s1. The number of benzene rings is 1. The molecule has 2 fully saturated rings. The zero-order valence-corrected chi connectivity index (χ0v) is 16.1. The van der Waals surface area contributed by atoms with Crippen LogP contribution in [0.2, 0.25) is 0 Å². The van der Waals surface area contributed by atoms with Crippen molar-refractivity contribution in [3.8, 4) is 0 Å². The van der Waals surface area contributed by atoms with Crippen LogP contribution in [-0.2, 0) is 4.79 Å². The van der Waals surface area contributed by atoms with Gasteiger partial charge in [0.1, 0.15) is 0 Å². The molecule has 2 atom stereocenters. The van der Waals surface area contributed by atoms with Crippen LogP contribution in [0.1, 0.15) is 24.8 Å². The summed E-state index contributed by atoms with van der Waals surface area (Å²) in [5, 5.41) is 10.9. The third-order valence-electron chi connectivity index (χ3n) is 6.05. The predicted octanol–water partition coefficient (Wildman–Crippen LogP) is 2.97. The molecule has 5 nitrogen and oxygen atoms in total. The number of pyridine rings is 1. The van der Waals surface area contributed by atoms with Crippen LogP contribution in [0, 0.1) is 5.41 Å². The number of aliphatic hydroxyl groups is 1. The summed E-state index contributed by atoms with van der Waals surface area (Å²) in [5.74, 6) is 0.0242. The SMILES string of the molecule is O=C(C=Cc1ccccc1)N1CCC[C@]2(C1)CN(c1ccncc1)CC[C@H]2O. The van der Waals surface area contributed by atoms with Crippen LogP contribution >= 0.6 is 0 Å². The van der Waals surface area contributed by atoms with Crippen molar-refractivity contribution in [2.45, 2.75) is 25.4 Å². The van der Waals surface area contributed by atoms with Crippen LogP contribution in [0.3, 0.4) is 0 Å². The van der Waals surface area contributed by atoms with E-state index < -0.39 is 0 Å². The van der Waals surface area contributed by atoms with Gasteiger partial charge in [0.25, 0.3) is 0 Å². The van der Waals surface area contributed by atoms with Gasteiger partial charge in [-0.2, -0.15) is 0 Å². The molecule has 0 bridgehead atoms. The number of carbonyl (C=O) groups excluding carboxylic acids is 1. The number of anilines is 1. The molecule has 4 rings (SSSR count). The summed E-state index contributed by atoms with van der Waals surface area (Å²) in [6.07, 6.45) is 9.35. The molecule has 3 heterocycles. The first-order chi connectivity index (χ1) is 13.7. The number of carbonyl (C=O) groups is 1. The fourth-order valence-corrected chi connectivity index (χ4v) is 4.51. The van der Waals surface area contributed by atoms with Gasteiger partial charge in [0.2, 0.25) is 5.91 Å². The van der Waals surface area contributed by atoms with Crippen LogP contribution in [-0.4, -0.2) is 53.2 Å². The van der Waals surface area contributed by atoms with Crippen molar-refractivity contribution in [1.29, 1.82) is 0 Å². The normalized spacial score (nSPS) is 25.4. The van der Waals surface area contributed by atoms with Gasteiger partial charge in [-0.25, -0.2) is 0 Å². The van der Waals surface area contributed by atoms with E-state index in [-0.39, 0.29) is 17.4 Å². The summed E-state index contributed by atoms with van der Waals surface area (Å²) in [7, 11) is 0. The Balaban J connectivity index is 1.48. The van der Waals surface area contributed by atoms with Gasteiger partial charge in [-0.1, -0.05) is 30.3 Å². The van der Waals surface area contributed by atoms with E-state index in [0.717, 1.165) is 50.1 Å². The molecule has 1 aromatic heterocycles. The van der Waals surface area contributed by atoms with Crippen LogP contribution in [0.15, 0.2) is 60.9 Å². The summed E-state index contributed by atoms with van der Waals surface area (Å²) in [5.41, 5.74) is 1.88. The number of nitrogens with zero attached hydrogens (tertiary/aromatic N) is 3. The van der Waals surface area contributed by atoms with Gasteiger partial charge in [-0.3, -0.25) is 9.78 Å². The largest absolute Gasteiger partial charge is 0.392 e. The molecule has 2 aliphatic rings. The quantitative estimate of drug-likeness (QED) is 0.836. The molecule has 1 amide bonds. The topological polar surface area (TPSA) is 56.7 Å². The highest BCUT2D eigenvalue weighted by Crippen LogP contribution is 2.40. The fourth-order valence-electron chi connectivity index (χ4n) is 4.51. The van der Waals surface area contributed by atoms with E-state index in [1.54, 1.807) is 18.5 Å². The van der Waals surface area contributed by atoms with Crippen molar-refractivity contribution in [2.24, 2.45) is 5.41 Å². The van der Waals surface area contributed by atoms with E-state index in [0.29, 0.717) is 6.54 Å². The van der Waals surface area contributed by atoms with Crippen LogP contribution in [0.5, 0.6) is 0 Å². The molecule has 28 heavy (non-hydrogen) atoms. The maximum absolute atomic E-state index is 12.8. The number of piperidine rings is 2. The maximum atomic E-state index is 12.8. The van der Waals surface area contributed by atoms with Gasteiger partial charge < -0.3 is 14.9 Å². The number of likely N-dealkylation sites (tertiary alicyclic amines) is 1. The molecule has 1 N–H and O–H groups in total. The predicted molar refractivity (Wildman–Crippen MR) is 111 cm³/mol.